The number of likely N-dealkylation sites (N-methyl/N-ethyl adjacent to an activating group) is 1. The number of hydrogen-bond donors (Lipinski definition) is 2. The fourth-order valence-electron chi connectivity index (χ4n) is 2.63. The molecule has 2 heterocycles. The zero-order valence-electron chi connectivity index (χ0n) is 11.2. The maximum Gasteiger partial charge on any atom is 0.320 e. The van der Waals surface area contributed by atoms with Crippen molar-refractivity contribution in [3.8, 4) is 0 Å². The number of amides is 1. The highest BCUT2D eigenvalue weighted by atomic mass is 16.5. The first-order chi connectivity index (χ1) is 9.06. The molecule has 0 saturated carbocycles. The fraction of sp³-hybridized carbons (Fsp3) is 0.833. The van der Waals surface area contributed by atoms with E-state index in [1.807, 2.05) is 4.90 Å². The van der Waals surface area contributed by atoms with Crippen molar-refractivity contribution in [1.82, 2.24) is 15.1 Å². The Hall–Kier alpha value is -1.18. The van der Waals surface area contributed by atoms with Gasteiger partial charge in [-0.2, -0.15) is 0 Å². The predicted molar refractivity (Wildman–Crippen MR) is 67.9 cm³/mol. The van der Waals surface area contributed by atoms with Gasteiger partial charge in [0.15, 0.2) is 0 Å². The Kier molecular flexibility index (Phi) is 4.73. The Morgan fingerprint density at radius 1 is 1.37 bits per heavy atom. The second kappa shape index (κ2) is 6.31. The SMILES string of the molecule is CN1C[C@H](NC(=O)CN2CCOCC2)C[C@H]1C(=O)O. The van der Waals surface area contributed by atoms with Gasteiger partial charge in [-0.05, 0) is 13.5 Å². The average Bonchev–Trinajstić information content (AvgIpc) is 2.71. The lowest BCUT2D eigenvalue weighted by Gasteiger charge is -2.26. The Balaban J connectivity index is 1.75. The second-order valence-corrected chi connectivity index (χ2v) is 5.18. The molecule has 7 heteroatoms. The number of carbonyl (C=O) groups is 2. The molecule has 0 unspecified atom stereocenters. The Labute approximate surface area is 112 Å². The van der Waals surface area contributed by atoms with Gasteiger partial charge in [-0.25, -0.2) is 0 Å². The van der Waals surface area contributed by atoms with Gasteiger partial charge in [0.2, 0.25) is 5.91 Å². The molecule has 19 heavy (non-hydrogen) atoms. The van der Waals surface area contributed by atoms with Crippen LogP contribution < -0.4 is 5.32 Å². The van der Waals surface area contributed by atoms with E-state index in [1.54, 1.807) is 11.9 Å². The number of rotatable bonds is 4. The summed E-state index contributed by atoms with van der Waals surface area (Å²) in [5.41, 5.74) is 0. The summed E-state index contributed by atoms with van der Waals surface area (Å²) in [6, 6.07) is -0.562. The first kappa shape index (κ1) is 14.2. The number of ether oxygens (including phenoxy) is 1. The molecule has 0 aromatic carbocycles. The molecule has 2 rings (SSSR count). The summed E-state index contributed by atoms with van der Waals surface area (Å²) in [5, 5.41) is 11.9. The molecule has 0 spiro atoms. The normalized spacial score (nSPS) is 29.3. The number of hydrogen-bond acceptors (Lipinski definition) is 5. The number of likely N-dealkylation sites (tertiary alicyclic amines) is 1. The highest BCUT2D eigenvalue weighted by Crippen LogP contribution is 2.15. The molecule has 0 aromatic heterocycles. The maximum absolute atomic E-state index is 11.9. The van der Waals surface area contributed by atoms with Crippen LogP contribution in [0.25, 0.3) is 0 Å². The van der Waals surface area contributed by atoms with Crippen molar-refractivity contribution in [2.45, 2.75) is 18.5 Å². The van der Waals surface area contributed by atoms with Crippen molar-refractivity contribution < 1.29 is 19.4 Å². The second-order valence-electron chi connectivity index (χ2n) is 5.18. The quantitative estimate of drug-likeness (QED) is 0.654. The minimum atomic E-state index is -0.826. The number of carboxylic acids is 1. The van der Waals surface area contributed by atoms with Crippen LogP contribution in [0.4, 0.5) is 0 Å². The molecule has 0 aliphatic carbocycles. The first-order valence-electron chi connectivity index (χ1n) is 6.59. The average molecular weight is 271 g/mol. The highest BCUT2D eigenvalue weighted by molar-refractivity contribution is 5.79. The number of nitrogens with one attached hydrogen (secondary N) is 1. The van der Waals surface area contributed by atoms with E-state index in [0.717, 1.165) is 13.1 Å². The summed E-state index contributed by atoms with van der Waals surface area (Å²) in [6.45, 7) is 3.83. The Morgan fingerprint density at radius 3 is 2.63 bits per heavy atom. The van der Waals surface area contributed by atoms with Crippen molar-refractivity contribution in [1.29, 1.82) is 0 Å². The number of nitrogens with zero attached hydrogens (tertiary/aromatic N) is 2. The standard InChI is InChI=1S/C12H21N3O4/c1-14-7-9(6-10(14)12(17)18)13-11(16)8-15-2-4-19-5-3-15/h9-10H,2-8H2,1H3,(H,13,16)(H,17,18)/t9-,10+/m1/s1. The van der Waals surface area contributed by atoms with Crippen molar-refractivity contribution in [3.63, 3.8) is 0 Å². The van der Waals surface area contributed by atoms with Gasteiger partial charge in [-0.15, -0.1) is 0 Å². The van der Waals surface area contributed by atoms with Crippen LogP contribution in [0.2, 0.25) is 0 Å². The van der Waals surface area contributed by atoms with E-state index in [0.29, 0.717) is 32.7 Å². The molecule has 0 bridgehead atoms. The lowest BCUT2D eigenvalue weighted by atomic mass is 10.1. The maximum atomic E-state index is 11.9. The smallest absolute Gasteiger partial charge is 0.320 e. The summed E-state index contributed by atoms with van der Waals surface area (Å²) in [4.78, 5) is 26.7. The third kappa shape index (κ3) is 3.89. The van der Waals surface area contributed by atoms with Crippen molar-refractivity contribution >= 4 is 11.9 Å². The third-order valence-electron chi connectivity index (χ3n) is 3.67. The molecule has 1 amide bonds. The molecule has 7 nitrogen and oxygen atoms in total. The molecule has 0 radical (unpaired) electrons. The lowest BCUT2D eigenvalue weighted by Crippen LogP contribution is -2.46. The molecule has 108 valence electrons. The number of aliphatic carboxylic acids is 1. The van der Waals surface area contributed by atoms with Gasteiger partial charge < -0.3 is 15.2 Å². The van der Waals surface area contributed by atoms with Crippen LogP contribution in [0.5, 0.6) is 0 Å². The van der Waals surface area contributed by atoms with E-state index in [9.17, 15) is 9.59 Å². The number of carbonyl (C=O) groups excluding carboxylic acids is 1. The van der Waals surface area contributed by atoms with Gasteiger partial charge >= 0.3 is 5.97 Å². The van der Waals surface area contributed by atoms with E-state index in [1.165, 1.54) is 0 Å². The van der Waals surface area contributed by atoms with Crippen LogP contribution in [0.1, 0.15) is 6.42 Å². The first-order valence-corrected chi connectivity index (χ1v) is 6.59. The summed E-state index contributed by atoms with van der Waals surface area (Å²) < 4.78 is 5.22. The molecule has 0 aromatic rings. The van der Waals surface area contributed by atoms with Gasteiger partial charge in [0, 0.05) is 25.7 Å². The van der Waals surface area contributed by atoms with Gasteiger partial charge in [-0.3, -0.25) is 19.4 Å². The molecule has 2 aliphatic heterocycles. The van der Waals surface area contributed by atoms with Crippen LogP contribution in [0.15, 0.2) is 0 Å². The van der Waals surface area contributed by atoms with Gasteiger partial charge in [0.25, 0.3) is 0 Å². The summed E-state index contributed by atoms with van der Waals surface area (Å²) in [7, 11) is 1.77. The third-order valence-corrected chi connectivity index (χ3v) is 3.67. The molecule has 2 N–H and O–H groups in total. The lowest BCUT2D eigenvalue weighted by molar-refractivity contribution is -0.141. The summed E-state index contributed by atoms with van der Waals surface area (Å²) >= 11 is 0. The fourth-order valence-corrected chi connectivity index (χ4v) is 2.63. The highest BCUT2D eigenvalue weighted by Gasteiger charge is 2.35. The number of carboxylic acid groups (broad SMARTS) is 1. The minimum Gasteiger partial charge on any atom is -0.480 e. The van der Waals surface area contributed by atoms with E-state index < -0.39 is 12.0 Å². The zero-order chi connectivity index (χ0) is 13.8. The molecular formula is C12H21N3O4. The van der Waals surface area contributed by atoms with Crippen LogP contribution in [-0.2, 0) is 14.3 Å². The summed E-state index contributed by atoms with van der Waals surface area (Å²) in [6.07, 6.45) is 0.473. The van der Waals surface area contributed by atoms with Gasteiger partial charge in [0.1, 0.15) is 6.04 Å². The monoisotopic (exact) mass is 271 g/mol. The van der Waals surface area contributed by atoms with Gasteiger partial charge in [-0.1, -0.05) is 0 Å². The van der Waals surface area contributed by atoms with E-state index in [4.69, 9.17) is 9.84 Å². The largest absolute Gasteiger partial charge is 0.480 e. The minimum absolute atomic E-state index is 0.0358. The number of morpholine rings is 1. The molecule has 2 fully saturated rings. The Bertz CT molecular complexity index is 344. The summed E-state index contributed by atoms with van der Waals surface area (Å²) in [5.74, 6) is -0.862. The topological polar surface area (TPSA) is 82.1 Å². The molecular weight excluding hydrogens is 250 g/mol. The van der Waals surface area contributed by atoms with E-state index in [2.05, 4.69) is 5.32 Å². The van der Waals surface area contributed by atoms with Crippen LogP contribution >= 0.6 is 0 Å². The van der Waals surface area contributed by atoms with Crippen LogP contribution in [-0.4, -0.2) is 85.3 Å². The molecule has 2 aliphatic rings. The van der Waals surface area contributed by atoms with Crippen molar-refractivity contribution in [2.24, 2.45) is 0 Å². The van der Waals surface area contributed by atoms with Gasteiger partial charge in [0.05, 0.1) is 19.8 Å². The van der Waals surface area contributed by atoms with Crippen LogP contribution in [0, 0.1) is 0 Å². The molecule has 2 saturated heterocycles. The van der Waals surface area contributed by atoms with E-state index in [-0.39, 0.29) is 11.9 Å². The predicted octanol–water partition coefficient (Wildman–Crippen LogP) is -1.41. The Morgan fingerprint density at radius 2 is 2.05 bits per heavy atom. The van der Waals surface area contributed by atoms with Crippen LogP contribution in [0.3, 0.4) is 0 Å². The van der Waals surface area contributed by atoms with Crippen molar-refractivity contribution in [3.05, 3.63) is 0 Å². The van der Waals surface area contributed by atoms with Crippen molar-refractivity contribution in [2.75, 3.05) is 46.4 Å². The zero-order valence-corrected chi connectivity index (χ0v) is 11.2. The van der Waals surface area contributed by atoms with E-state index >= 15 is 0 Å². The molecule has 2 atom stereocenters.